The van der Waals surface area contributed by atoms with E-state index in [2.05, 4.69) is 24.3 Å². The minimum absolute atomic E-state index is 0.00453. The molecule has 2 unspecified atom stereocenters. The molecule has 1 fully saturated rings. The number of benzene rings is 2. The maximum Gasteiger partial charge on any atom is 0.234 e. The molecular formula is C22H21NO3. The number of nitrogens with zero attached hydrogens (tertiary/aromatic N) is 1. The van der Waals surface area contributed by atoms with Crippen LogP contribution in [0.15, 0.2) is 48.5 Å². The molecule has 0 saturated carbocycles. The molecular weight excluding hydrogens is 326 g/mol. The van der Waals surface area contributed by atoms with Crippen LogP contribution in [-0.2, 0) is 14.3 Å². The van der Waals surface area contributed by atoms with Crippen LogP contribution < -0.4 is 0 Å². The average molecular weight is 347 g/mol. The Morgan fingerprint density at radius 2 is 1.23 bits per heavy atom. The number of rotatable bonds is 4. The summed E-state index contributed by atoms with van der Waals surface area (Å²) in [6.45, 7) is 1.00. The molecule has 4 heteroatoms. The Labute approximate surface area is 152 Å². The summed E-state index contributed by atoms with van der Waals surface area (Å²) in [7, 11) is 1.64. The molecule has 2 bridgehead atoms. The fourth-order valence-electron chi connectivity index (χ4n) is 5.33. The van der Waals surface area contributed by atoms with Crippen LogP contribution in [0.25, 0.3) is 0 Å². The van der Waals surface area contributed by atoms with Crippen LogP contribution in [0, 0.1) is 11.8 Å². The lowest BCUT2D eigenvalue weighted by Gasteiger charge is -2.45. The van der Waals surface area contributed by atoms with Gasteiger partial charge in [0.15, 0.2) is 0 Å². The normalized spacial score (nSPS) is 28.1. The van der Waals surface area contributed by atoms with Crippen molar-refractivity contribution in [1.29, 1.82) is 0 Å². The second-order valence-corrected chi connectivity index (χ2v) is 7.44. The maximum atomic E-state index is 13.2. The van der Waals surface area contributed by atoms with Crippen LogP contribution in [-0.4, -0.2) is 37.0 Å². The summed E-state index contributed by atoms with van der Waals surface area (Å²) in [6.07, 6.45) is 0.683. The smallest absolute Gasteiger partial charge is 0.234 e. The van der Waals surface area contributed by atoms with Crippen molar-refractivity contribution in [2.24, 2.45) is 11.8 Å². The van der Waals surface area contributed by atoms with E-state index < -0.39 is 0 Å². The van der Waals surface area contributed by atoms with Crippen molar-refractivity contribution in [3.8, 4) is 0 Å². The van der Waals surface area contributed by atoms with Gasteiger partial charge in [0.2, 0.25) is 11.8 Å². The van der Waals surface area contributed by atoms with E-state index in [9.17, 15) is 9.59 Å². The van der Waals surface area contributed by atoms with Crippen molar-refractivity contribution in [3.63, 3.8) is 0 Å². The Balaban J connectivity index is 1.64. The van der Waals surface area contributed by atoms with Gasteiger partial charge >= 0.3 is 0 Å². The molecule has 1 heterocycles. The van der Waals surface area contributed by atoms with Gasteiger partial charge in [-0.25, -0.2) is 0 Å². The van der Waals surface area contributed by atoms with E-state index in [1.54, 1.807) is 7.11 Å². The number of hydrogen-bond donors (Lipinski definition) is 0. The van der Waals surface area contributed by atoms with Gasteiger partial charge in [0.05, 0.1) is 11.8 Å². The van der Waals surface area contributed by atoms with E-state index in [0.717, 1.165) is 0 Å². The third-order valence-corrected chi connectivity index (χ3v) is 6.27. The lowest BCUT2D eigenvalue weighted by molar-refractivity contribution is -0.140. The van der Waals surface area contributed by atoms with E-state index in [1.807, 2.05) is 24.3 Å². The van der Waals surface area contributed by atoms with E-state index >= 15 is 0 Å². The lowest BCUT2D eigenvalue weighted by Crippen LogP contribution is -2.41. The zero-order chi connectivity index (χ0) is 17.8. The topological polar surface area (TPSA) is 46.6 Å². The third kappa shape index (κ3) is 1.93. The molecule has 1 aliphatic heterocycles. The molecule has 0 aromatic heterocycles. The fraction of sp³-hybridized carbons (Fsp3) is 0.364. The first-order valence-electron chi connectivity index (χ1n) is 9.26. The highest BCUT2D eigenvalue weighted by atomic mass is 16.5. The summed E-state index contributed by atoms with van der Waals surface area (Å²) >= 11 is 0. The summed E-state index contributed by atoms with van der Waals surface area (Å²) < 4.78 is 5.10. The van der Waals surface area contributed by atoms with Crippen molar-refractivity contribution in [1.82, 2.24) is 4.90 Å². The van der Waals surface area contributed by atoms with E-state index in [1.165, 1.54) is 27.2 Å². The van der Waals surface area contributed by atoms with Gasteiger partial charge in [0.25, 0.3) is 0 Å². The monoisotopic (exact) mass is 347 g/mol. The molecule has 0 spiro atoms. The quantitative estimate of drug-likeness (QED) is 0.631. The van der Waals surface area contributed by atoms with E-state index in [0.29, 0.717) is 19.6 Å². The second-order valence-electron chi connectivity index (χ2n) is 7.44. The Morgan fingerprint density at radius 3 is 1.62 bits per heavy atom. The van der Waals surface area contributed by atoms with Gasteiger partial charge in [-0.1, -0.05) is 48.5 Å². The highest BCUT2D eigenvalue weighted by Crippen LogP contribution is 2.60. The minimum atomic E-state index is -0.264. The molecule has 26 heavy (non-hydrogen) atoms. The molecule has 6 rings (SSSR count). The predicted molar refractivity (Wildman–Crippen MR) is 96.8 cm³/mol. The summed E-state index contributed by atoms with van der Waals surface area (Å²) in [5.74, 6) is -0.563. The standard InChI is InChI=1S/C22H21NO3/c1-26-12-6-11-23-21(24)19-17-13-7-2-3-8-14(13)18(20(19)22(23)25)16-10-5-4-9-15(16)17/h2-5,7-10,17-20H,6,11-12H2,1H3. The van der Waals surface area contributed by atoms with Gasteiger partial charge < -0.3 is 4.74 Å². The minimum Gasteiger partial charge on any atom is -0.385 e. The molecule has 2 atom stereocenters. The Morgan fingerprint density at radius 1 is 0.808 bits per heavy atom. The van der Waals surface area contributed by atoms with Crippen LogP contribution in [0.3, 0.4) is 0 Å². The number of imide groups is 1. The number of methoxy groups -OCH3 is 1. The first-order valence-corrected chi connectivity index (χ1v) is 9.26. The van der Waals surface area contributed by atoms with Crippen LogP contribution in [0.4, 0.5) is 0 Å². The largest absolute Gasteiger partial charge is 0.385 e. The van der Waals surface area contributed by atoms with E-state index in [-0.39, 0.29) is 35.5 Å². The molecule has 4 nitrogen and oxygen atoms in total. The summed E-state index contributed by atoms with van der Waals surface area (Å²) in [4.78, 5) is 27.9. The van der Waals surface area contributed by atoms with Gasteiger partial charge in [-0.3, -0.25) is 14.5 Å². The first-order chi connectivity index (χ1) is 12.7. The van der Waals surface area contributed by atoms with Crippen molar-refractivity contribution in [2.75, 3.05) is 20.3 Å². The molecule has 0 radical (unpaired) electrons. The Kier molecular flexibility index (Phi) is 3.50. The Bertz CT molecular complexity index is 790. The highest BCUT2D eigenvalue weighted by Gasteiger charge is 2.61. The number of amides is 2. The molecule has 1 saturated heterocycles. The third-order valence-electron chi connectivity index (χ3n) is 6.27. The number of carbonyl (C=O) groups is 2. The molecule has 2 amide bonds. The summed E-state index contributed by atoms with van der Waals surface area (Å²) in [5, 5.41) is 0. The van der Waals surface area contributed by atoms with Crippen molar-refractivity contribution in [3.05, 3.63) is 70.8 Å². The van der Waals surface area contributed by atoms with Gasteiger partial charge in [-0.05, 0) is 28.7 Å². The first kappa shape index (κ1) is 15.8. The van der Waals surface area contributed by atoms with Crippen LogP contribution in [0.2, 0.25) is 0 Å². The van der Waals surface area contributed by atoms with Crippen molar-refractivity contribution >= 4 is 11.8 Å². The van der Waals surface area contributed by atoms with Gasteiger partial charge in [0, 0.05) is 32.1 Å². The molecule has 4 aliphatic rings. The molecule has 2 aromatic rings. The summed E-state index contributed by atoms with van der Waals surface area (Å²) in [6, 6.07) is 16.7. The fourth-order valence-corrected chi connectivity index (χ4v) is 5.33. The van der Waals surface area contributed by atoms with Crippen LogP contribution >= 0.6 is 0 Å². The number of likely N-dealkylation sites (tertiary alicyclic amines) is 1. The highest BCUT2D eigenvalue weighted by molar-refractivity contribution is 6.07. The predicted octanol–water partition coefficient (Wildman–Crippen LogP) is 2.92. The average Bonchev–Trinajstić information content (AvgIpc) is 2.93. The van der Waals surface area contributed by atoms with Gasteiger partial charge in [-0.15, -0.1) is 0 Å². The number of ether oxygens (including phenoxy) is 1. The lowest BCUT2D eigenvalue weighted by atomic mass is 9.55. The summed E-state index contributed by atoms with van der Waals surface area (Å²) in [5.41, 5.74) is 4.88. The van der Waals surface area contributed by atoms with Crippen molar-refractivity contribution in [2.45, 2.75) is 18.3 Å². The zero-order valence-corrected chi connectivity index (χ0v) is 14.7. The van der Waals surface area contributed by atoms with Crippen LogP contribution in [0.1, 0.15) is 40.5 Å². The molecule has 2 aromatic carbocycles. The van der Waals surface area contributed by atoms with Crippen LogP contribution in [0.5, 0.6) is 0 Å². The van der Waals surface area contributed by atoms with E-state index in [4.69, 9.17) is 4.74 Å². The SMILES string of the molecule is COCCCN1C(=O)C2C3c4ccccc4C(c4ccccc43)C2C1=O. The zero-order valence-electron chi connectivity index (χ0n) is 14.7. The second kappa shape index (κ2) is 5.78. The number of hydrogen-bond acceptors (Lipinski definition) is 3. The van der Waals surface area contributed by atoms with Gasteiger partial charge in [0.1, 0.15) is 0 Å². The Hall–Kier alpha value is -2.46. The maximum absolute atomic E-state index is 13.2. The number of carbonyl (C=O) groups excluding carboxylic acids is 2. The molecule has 132 valence electrons. The van der Waals surface area contributed by atoms with Gasteiger partial charge in [-0.2, -0.15) is 0 Å². The molecule has 3 aliphatic carbocycles. The molecule has 0 N–H and O–H groups in total. The van der Waals surface area contributed by atoms with Crippen molar-refractivity contribution < 1.29 is 14.3 Å².